The van der Waals surface area contributed by atoms with Gasteiger partial charge >= 0.3 is 0 Å². The molecule has 8 aromatic carbocycles. The SMILES string of the molecule is c1ccc(-c2ccc(N(c3cccc(-c4ccc5ccccc5c4)c3)c3ccc4oc5cc6oc(-c7ccccc7)nc6cc5c4c3)cc2)cc1. The van der Waals surface area contributed by atoms with Crippen molar-refractivity contribution in [3.63, 3.8) is 0 Å². The van der Waals surface area contributed by atoms with E-state index in [-0.39, 0.29) is 0 Å². The Bertz CT molecular complexity index is 2850. The normalized spacial score (nSPS) is 11.5. The maximum Gasteiger partial charge on any atom is 0.227 e. The van der Waals surface area contributed by atoms with Gasteiger partial charge in [0, 0.05) is 39.5 Å². The highest BCUT2D eigenvalue weighted by Gasteiger charge is 2.18. The van der Waals surface area contributed by atoms with Gasteiger partial charge in [0.2, 0.25) is 5.89 Å². The summed E-state index contributed by atoms with van der Waals surface area (Å²) < 4.78 is 12.6. The number of aromatic nitrogens is 1. The summed E-state index contributed by atoms with van der Waals surface area (Å²) in [6, 6.07) is 63.7. The minimum Gasteiger partial charge on any atom is -0.456 e. The zero-order valence-corrected chi connectivity index (χ0v) is 27.5. The van der Waals surface area contributed by atoms with Crippen LogP contribution < -0.4 is 4.90 Å². The molecule has 2 aromatic heterocycles. The van der Waals surface area contributed by atoms with E-state index in [2.05, 4.69) is 144 Å². The summed E-state index contributed by atoms with van der Waals surface area (Å²) in [6.45, 7) is 0. The fourth-order valence-corrected chi connectivity index (χ4v) is 7.10. The maximum atomic E-state index is 6.39. The van der Waals surface area contributed by atoms with E-state index in [9.17, 15) is 0 Å². The molecule has 2 heterocycles. The molecule has 10 aromatic rings. The monoisotopic (exact) mass is 654 g/mol. The summed E-state index contributed by atoms with van der Waals surface area (Å²) in [7, 11) is 0. The van der Waals surface area contributed by atoms with Gasteiger partial charge in [0.1, 0.15) is 16.7 Å². The zero-order valence-electron chi connectivity index (χ0n) is 27.5. The predicted octanol–water partition coefficient (Wildman–Crippen LogP) is 13.4. The summed E-state index contributed by atoms with van der Waals surface area (Å²) in [5.74, 6) is 0.597. The first-order valence-corrected chi connectivity index (χ1v) is 17.1. The number of nitrogens with zero attached hydrogens (tertiary/aromatic N) is 2. The maximum absolute atomic E-state index is 6.39. The van der Waals surface area contributed by atoms with Crippen LogP contribution in [0.5, 0.6) is 0 Å². The molecule has 4 nitrogen and oxygen atoms in total. The van der Waals surface area contributed by atoms with Crippen molar-refractivity contribution in [2.75, 3.05) is 4.90 Å². The van der Waals surface area contributed by atoms with Gasteiger partial charge < -0.3 is 13.7 Å². The van der Waals surface area contributed by atoms with Crippen molar-refractivity contribution in [3.8, 4) is 33.7 Å². The Balaban J connectivity index is 1.11. The molecule has 0 fully saturated rings. The Morgan fingerprint density at radius 3 is 1.80 bits per heavy atom. The number of furan rings is 1. The lowest BCUT2D eigenvalue weighted by molar-refractivity contribution is 0.617. The van der Waals surface area contributed by atoms with Crippen molar-refractivity contribution in [2.24, 2.45) is 0 Å². The van der Waals surface area contributed by atoms with Crippen molar-refractivity contribution in [2.45, 2.75) is 0 Å². The second kappa shape index (κ2) is 11.9. The van der Waals surface area contributed by atoms with Crippen molar-refractivity contribution in [1.82, 2.24) is 4.98 Å². The second-order valence-electron chi connectivity index (χ2n) is 12.8. The average molecular weight is 655 g/mol. The van der Waals surface area contributed by atoms with Crippen molar-refractivity contribution < 1.29 is 8.83 Å². The van der Waals surface area contributed by atoms with Gasteiger partial charge in [-0.25, -0.2) is 4.98 Å². The van der Waals surface area contributed by atoms with E-state index in [1.807, 2.05) is 42.5 Å². The van der Waals surface area contributed by atoms with E-state index in [4.69, 9.17) is 13.8 Å². The molecule has 0 atom stereocenters. The summed E-state index contributed by atoms with van der Waals surface area (Å²) >= 11 is 0. The molecule has 240 valence electrons. The lowest BCUT2D eigenvalue weighted by atomic mass is 10.00. The number of benzene rings is 8. The van der Waals surface area contributed by atoms with E-state index in [1.54, 1.807) is 0 Å². The van der Waals surface area contributed by atoms with Gasteiger partial charge in [-0.05, 0) is 99.8 Å². The Morgan fingerprint density at radius 2 is 0.980 bits per heavy atom. The van der Waals surface area contributed by atoms with Crippen LogP contribution in [0.4, 0.5) is 17.1 Å². The molecule has 0 bridgehead atoms. The van der Waals surface area contributed by atoms with Crippen LogP contribution >= 0.6 is 0 Å². The molecule has 0 N–H and O–H groups in total. The first kappa shape index (κ1) is 29.0. The Morgan fingerprint density at radius 1 is 0.353 bits per heavy atom. The molecular weight excluding hydrogens is 625 g/mol. The van der Waals surface area contributed by atoms with Crippen LogP contribution in [0.2, 0.25) is 0 Å². The van der Waals surface area contributed by atoms with Crippen LogP contribution in [0.25, 0.3) is 77.5 Å². The lowest BCUT2D eigenvalue weighted by Gasteiger charge is -2.26. The van der Waals surface area contributed by atoms with Gasteiger partial charge in [-0.1, -0.05) is 109 Å². The van der Waals surface area contributed by atoms with Crippen LogP contribution in [0.1, 0.15) is 0 Å². The van der Waals surface area contributed by atoms with Gasteiger partial charge in [-0.2, -0.15) is 0 Å². The number of hydrogen-bond donors (Lipinski definition) is 0. The smallest absolute Gasteiger partial charge is 0.227 e. The molecule has 0 unspecified atom stereocenters. The Labute approximate surface area is 294 Å². The highest BCUT2D eigenvalue weighted by molar-refractivity contribution is 6.10. The van der Waals surface area contributed by atoms with Gasteiger partial charge in [0.15, 0.2) is 5.58 Å². The van der Waals surface area contributed by atoms with E-state index in [0.29, 0.717) is 11.5 Å². The van der Waals surface area contributed by atoms with E-state index >= 15 is 0 Å². The second-order valence-corrected chi connectivity index (χ2v) is 12.8. The van der Waals surface area contributed by atoms with Gasteiger partial charge in [-0.15, -0.1) is 0 Å². The molecule has 10 rings (SSSR count). The highest BCUT2D eigenvalue weighted by Crippen LogP contribution is 2.41. The third-order valence-electron chi connectivity index (χ3n) is 9.66. The van der Waals surface area contributed by atoms with E-state index < -0.39 is 0 Å². The van der Waals surface area contributed by atoms with Gasteiger partial charge in [0.25, 0.3) is 0 Å². The first-order chi connectivity index (χ1) is 25.2. The molecule has 51 heavy (non-hydrogen) atoms. The van der Waals surface area contributed by atoms with Crippen LogP contribution in [0.3, 0.4) is 0 Å². The Kier molecular flexibility index (Phi) is 6.78. The third-order valence-corrected chi connectivity index (χ3v) is 9.66. The molecule has 0 saturated heterocycles. The van der Waals surface area contributed by atoms with E-state index in [1.165, 1.54) is 27.5 Å². The Hall–Kier alpha value is -6.91. The van der Waals surface area contributed by atoms with Crippen molar-refractivity contribution in [1.29, 1.82) is 0 Å². The fourth-order valence-electron chi connectivity index (χ4n) is 7.10. The molecule has 0 aliphatic heterocycles. The number of fused-ring (bicyclic) bond motifs is 5. The lowest BCUT2D eigenvalue weighted by Crippen LogP contribution is -2.10. The van der Waals surface area contributed by atoms with Crippen molar-refractivity contribution in [3.05, 3.63) is 182 Å². The predicted molar refractivity (Wildman–Crippen MR) is 210 cm³/mol. The molecule has 4 heteroatoms. The highest BCUT2D eigenvalue weighted by atomic mass is 16.4. The molecular formula is C47H30N2O2. The third kappa shape index (κ3) is 5.22. The first-order valence-electron chi connectivity index (χ1n) is 17.1. The molecule has 0 aliphatic carbocycles. The molecule has 0 amide bonds. The van der Waals surface area contributed by atoms with Crippen molar-refractivity contribution >= 4 is 60.9 Å². The number of rotatable bonds is 6. The topological polar surface area (TPSA) is 42.4 Å². The van der Waals surface area contributed by atoms with Gasteiger partial charge in [0.05, 0.1) is 0 Å². The largest absolute Gasteiger partial charge is 0.456 e. The minimum atomic E-state index is 0.597. The standard InChI is InChI=1S/C47H30N2O2/c1-3-10-31(11-4-1)33-20-22-38(23-21-33)49(39-17-9-16-36(27-39)37-19-18-32-12-7-8-15-35(32)26-37)40-24-25-44-41(28-40)42-29-43-46(30-45(42)50-44)51-47(48-43)34-13-5-2-6-14-34/h1-30H. The number of anilines is 3. The number of oxazole rings is 1. The molecule has 0 saturated carbocycles. The average Bonchev–Trinajstić information content (AvgIpc) is 3.78. The fraction of sp³-hybridized carbons (Fsp3) is 0. The summed E-state index contributed by atoms with van der Waals surface area (Å²) in [5, 5.41) is 4.47. The minimum absolute atomic E-state index is 0.597. The zero-order chi connectivity index (χ0) is 33.7. The van der Waals surface area contributed by atoms with Crippen LogP contribution in [0, 0.1) is 0 Å². The summed E-state index contributed by atoms with van der Waals surface area (Å²) in [5.41, 5.74) is 11.9. The van der Waals surface area contributed by atoms with E-state index in [0.717, 1.165) is 55.6 Å². The van der Waals surface area contributed by atoms with Crippen LogP contribution in [0.15, 0.2) is 191 Å². The molecule has 0 radical (unpaired) electrons. The van der Waals surface area contributed by atoms with Crippen LogP contribution in [-0.4, -0.2) is 4.98 Å². The summed E-state index contributed by atoms with van der Waals surface area (Å²) in [4.78, 5) is 7.16. The molecule has 0 aliphatic rings. The molecule has 0 spiro atoms. The van der Waals surface area contributed by atoms with Gasteiger partial charge in [-0.3, -0.25) is 0 Å². The number of hydrogen-bond acceptors (Lipinski definition) is 4. The quantitative estimate of drug-likeness (QED) is 0.179. The summed E-state index contributed by atoms with van der Waals surface area (Å²) in [6.07, 6.45) is 0. The van der Waals surface area contributed by atoms with Crippen LogP contribution in [-0.2, 0) is 0 Å².